The van der Waals surface area contributed by atoms with Gasteiger partial charge in [0.25, 0.3) is 25.8 Å². The molecule has 1 atom stereocenters. The van der Waals surface area contributed by atoms with E-state index in [0.29, 0.717) is 120 Å². The van der Waals surface area contributed by atoms with Crippen molar-refractivity contribution < 1.29 is 49.8 Å². The lowest BCUT2D eigenvalue weighted by Crippen LogP contribution is -2.46. The summed E-state index contributed by atoms with van der Waals surface area (Å²) in [7, 11) is -10.7. The Bertz CT molecular complexity index is 3400. The number of aliphatic hydroxyl groups is 1. The van der Waals surface area contributed by atoms with E-state index in [1.165, 1.54) is 11.8 Å². The lowest BCUT2D eigenvalue weighted by atomic mass is 9.86. The number of sulfone groups is 1. The van der Waals surface area contributed by atoms with Gasteiger partial charge in [-0.2, -0.15) is 13.2 Å². The van der Waals surface area contributed by atoms with Crippen LogP contribution in [-0.4, -0.2) is 124 Å². The van der Waals surface area contributed by atoms with E-state index in [1.807, 2.05) is 86.6 Å². The van der Waals surface area contributed by atoms with E-state index in [-0.39, 0.29) is 23.3 Å². The lowest BCUT2D eigenvalue weighted by molar-refractivity contribution is -0.142. The number of thioether (sulfide) groups is 1. The molecule has 3 heterocycles. The number of hydrogen-bond acceptors (Lipinski definition) is 12. The summed E-state index contributed by atoms with van der Waals surface area (Å²) in [4.78, 5) is 31.7. The van der Waals surface area contributed by atoms with Crippen LogP contribution in [0.4, 0.5) is 35.9 Å². The summed E-state index contributed by atoms with van der Waals surface area (Å²) in [6, 6.07) is 33.6. The number of halogens is 4. The summed E-state index contributed by atoms with van der Waals surface area (Å²) in [6.07, 6.45) is 3.36. The highest BCUT2D eigenvalue weighted by molar-refractivity contribution is 7.99. The van der Waals surface area contributed by atoms with Crippen LogP contribution in [0.1, 0.15) is 67.9 Å². The molecule has 81 heavy (non-hydrogen) atoms. The van der Waals surface area contributed by atoms with Gasteiger partial charge >= 0.3 is 11.5 Å². The molecule has 3 fully saturated rings. The summed E-state index contributed by atoms with van der Waals surface area (Å²) in [5, 5.41) is 26.5. The number of likely N-dealkylation sites (tertiary alicyclic amines) is 1. The predicted octanol–water partition coefficient (Wildman–Crippen LogP) is 11.0. The number of rotatable bonds is 20. The standard InChI is InChI=1S/C59H67ClF3N7O8S3/c1-3-70-39(2)54(57(72)65-44-18-14-41(15-19-44)58(73)74)55(56(70)40-12-16-43(60)17-13-40)42-8-7-9-48(36-42)69-34-32-68(33-35-69)47-22-20-45(21-23-47)66-81(77,78)51-24-25-52(53(37-51)80(75,76)59(61,62)63)64-46(38-79-50-10-5-4-6-11-50)26-29-67-30-27-49(71)28-31-67/h4-13,16-17,20-25,36-37,41,44,46,49,64,66,71H,3,14-15,18-19,26-35,38H2,1-2H3,(H,65,72)(H,73,74)/t41?,44?,46-/m1/s1. The van der Waals surface area contributed by atoms with Gasteiger partial charge in [0, 0.05) is 108 Å². The van der Waals surface area contributed by atoms with E-state index in [9.17, 15) is 49.8 Å². The molecule has 15 nitrogen and oxygen atoms in total. The fraction of sp³-hybridized carbons (Fsp3) is 0.390. The van der Waals surface area contributed by atoms with Gasteiger partial charge in [-0.3, -0.25) is 14.3 Å². The number of anilines is 4. The number of aliphatic carboxylic acids is 1. The minimum Gasteiger partial charge on any atom is -0.481 e. The van der Waals surface area contributed by atoms with Crippen LogP contribution in [0.5, 0.6) is 0 Å². The van der Waals surface area contributed by atoms with Crippen molar-refractivity contribution >= 4 is 77.8 Å². The number of sulfonamides is 1. The zero-order chi connectivity index (χ0) is 57.6. The molecule has 2 saturated heterocycles. The molecule has 9 rings (SSSR count). The molecule has 0 bridgehead atoms. The largest absolute Gasteiger partial charge is 0.501 e. The number of piperazine rings is 1. The van der Waals surface area contributed by atoms with Gasteiger partial charge in [-0.05, 0) is 149 Å². The summed E-state index contributed by atoms with van der Waals surface area (Å²) < 4.78 is 102. The van der Waals surface area contributed by atoms with Crippen LogP contribution in [0.3, 0.4) is 0 Å². The number of carboxylic acid groups (broad SMARTS) is 1. The number of amides is 1. The highest BCUT2D eigenvalue weighted by atomic mass is 35.5. The Hall–Kier alpha value is -6.23. The van der Waals surface area contributed by atoms with E-state index < -0.39 is 59.2 Å². The van der Waals surface area contributed by atoms with Crippen LogP contribution in [0.15, 0.2) is 136 Å². The van der Waals surface area contributed by atoms with Gasteiger partial charge in [0.15, 0.2) is 0 Å². The summed E-state index contributed by atoms with van der Waals surface area (Å²) in [5.74, 6) is -1.07. The number of hydrogen-bond donors (Lipinski definition) is 5. The lowest BCUT2D eigenvalue weighted by Gasteiger charge is -2.37. The Morgan fingerprint density at radius 2 is 1.42 bits per heavy atom. The van der Waals surface area contributed by atoms with Crippen LogP contribution in [0, 0.1) is 12.8 Å². The monoisotopic (exact) mass is 1190 g/mol. The Balaban J connectivity index is 0.895. The minimum absolute atomic E-state index is 0.114. The first-order chi connectivity index (χ1) is 38.7. The quantitative estimate of drug-likeness (QED) is 0.0454. The third kappa shape index (κ3) is 14.0. The first kappa shape index (κ1) is 59.4. The van der Waals surface area contributed by atoms with E-state index in [2.05, 4.69) is 40.7 Å². The molecule has 22 heteroatoms. The van der Waals surface area contributed by atoms with Crippen molar-refractivity contribution in [1.82, 2.24) is 14.8 Å². The van der Waals surface area contributed by atoms with Crippen LogP contribution in [0.25, 0.3) is 22.4 Å². The molecule has 3 aliphatic rings. The fourth-order valence-electron chi connectivity index (χ4n) is 11.1. The maximum atomic E-state index is 14.5. The molecule has 6 aromatic rings. The third-order valence-electron chi connectivity index (χ3n) is 15.6. The molecule has 1 saturated carbocycles. The van der Waals surface area contributed by atoms with Gasteiger partial charge in [-0.1, -0.05) is 54.1 Å². The zero-order valence-corrected chi connectivity index (χ0v) is 48.2. The fourth-order valence-corrected chi connectivity index (χ4v) is 14.4. The molecular weight excluding hydrogens is 1120 g/mol. The van der Waals surface area contributed by atoms with Crippen molar-refractivity contribution in [3.05, 3.63) is 138 Å². The first-order valence-corrected chi connectivity index (χ1v) is 31.6. The number of nitrogens with one attached hydrogen (secondary N) is 3. The number of aromatic nitrogens is 1. The number of carbonyl (C=O) groups is 2. The van der Waals surface area contributed by atoms with Crippen molar-refractivity contribution in [2.75, 3.05) is 71.4 Å². The predicted molar refractivity (Wildman–Crippen MR) is 314 cm³/mol. The Morgan fingerprint density at radius 1 is 0.765 bits per heavy atom. The second kappa shape index (κ2) is 25.5. The number of carboxylic acids is 1. The van der Waals surface area contributed by atoms with Crippen LogP contribution < -0.4 is 25.2 Å². The normalized spacial score (nSPS) is 18.1. The molecule has 0 unspecified atom stereocenters. The van der Waals surface area contributed by atoms with Crippen molar-refractivity contribution in [2.45, 2.75) is 104 Å². The van der Waals surface area contributed by atoms with E-state index in [4.69, 9.17) is 11.6 Å². The number of aliphatic hydroxyl groups excluding tert-OH is 1. The topological polar surface area (TPSA) is 194 Å². The number of carbonyl (C=O) groups excluding carboxylic acids is 1. The molecular formula is C59H67ClF3N7O8S3. The van der Waals surface area contributed by atoms with Gasteiger partial charge in [0.2, 0.25) is 0 Å². The van der Waals surface area contributed by atoms with E-state index in [0.717, 1.165) is 56.5 Å². The molecule has 5 N–H and O–H groups in total. The molecule has 1 aromatic heterocycles. The molecule has 1 amide bonds. The van der Waals surface area contributed by atoms with Gasteiger partial charge in [-0.25, -0.2) is 16.8 Å². The molecule has 5 aromatic carbocycles. The van der Waals surface area contributed by atoms with Gasteiger partial charge in [-0.15, -0.1) is 11.8 Å². The summed E-state index contributed by atoms with van der Waals surface area (Å²) >= 11 is 7.80. The highest BCUT2D eigenvalue weighted by Gasteiger charge is 2.48. The highest BCUT2D eigenvalue weighted by Crippen LogP contribution is 2.42. The Morgan fingerprint density at radius 3 is 2.05 bits per heavy atom. The molecule has 0 spiro atoms. The van der Waals surface area contributed by atoms with E-state index in [1.54, 1.807) is 24.3 Å². The number of nitrogens with zero attached hydrogens (tertiary/aromatic N) is 4. The van der Waals surface area contributed by atoms with Gasteiger partial charge in [0.1, 0.15) is 4.90 Å². The first-order valence-electron chi connectivity index (χ1n) is 27.2. The Labute approximate surface area is 480 Å². The molecule has 1 aliphatic carbocycles. The molecule has 2 aliphatic heterocycles. The van der Waals surface area contributed by atoms with Crippen molar-refractivity contribution in [3.8, 4) is 22.4 Å². The maximum Gasteiger partial charge on any atom is 0.501 e. The maximum absolute atomic E-state index is 14.5. The second-order valence-electron chi connectivity index (χ2n) is 20.9. The third-order valence-corrected chi connectivity index (χ3v) is 20.0. The minimum atomic E-state index is -6.04. The van der Waals surface area contributed by atoms with Gasteiger partial charge in [0.05, 0.1) is 33.9 Å². The van der Waals surface area contributed by atoms with Crippen LogP contribution >= 0.6 is 23.4 Å². The smallest absolute Gasteiger partial charge is 0.481 e. The zero-order valence-electron chi connectivity index (χ0n) is 45.0. The number of alkyl halides is 3. The number of benzene rings is 5. The van der Waals surface area contributed by atoms with E-state index >= 15 is 0 Å². The van der Waals surface area contributed by atoms with Crippen molar-refractivity contribution in [3.63, 3.8) is 0 Å². The molecule has 0 radical (unpaired) electrons. The van der Waals surface area contributed by atoms with Crippen molar-refractivity contribution in [1.29, 1.82) is 0 Å². The summed E-state index contributed by atoms with van der Waals surface area (Å²) in [5.41, 5.74) is 0.537. The second-order valence-corrected chi connectivity index (χ2v) is 26.0. The number of piperidine rings is 1. The summed E-state index contributed by atoms with van der Waals surface area (Å²) in [6.45, 7) is 8.83. The Kier molecular flexibility index (Phi) is 18.7. The SMILES string of the molecule is CCn1c(C)c(C(=O)NC2CCC(C(=O)O)CC2)c(-c2cccc(N3CCN(c4ccc(NS(=O)(=O)c5ccc(N[C@H](CCN6CCC(O)CC6)CSc6ccccc6)c(S(=O)(=O)C(F)(F)F)c5)cc4)CC3)c2)c1-c1ccc(Cl)cc1. The van der Waals surface area contributed by atoms with Crippen LogP contribution in [-0.2, 0) is 31.2 Å². The molecule has 432 valence electrons. The average molecular weight is 1190 g/mol. The van der Waals surface area contributed by atoms with Crippen molar-refractivity contribution in [2.24, 2.45) is 5.92 Å². The van der Waals surface area contributed by atoms with Crippen LogP contribution in [0.2, 0.25) is 5.02 Å². The van der Waals surface area contributed by atoms with Gasteiger partial charge < -0.3 is 40.1 Å². The average Bonchev–Trinajstić information content (AvgIpc) is 3.53.